The van der Waals surface area contributed by atoms with E-state index < -0.39 is 4.92 Å². The fraction of sp³-hybridized carbons (Fsp3) is 0.350. The van der Waals surface area contributed by atoms with Crippen molar-refractivity contribution in [2.45, 2.75) is 25.4 Å². The molecule has 0 bridgehead atoms. The van der Waals surface area contributed by atoms with Gasteiger partial charge < -0.3 is 4.90 Å². The number of halogens is 1. The Kier molecular flexibility index (Phi) is 4.85. The fourth-order valence-corrected chi connectivity index (χ4v) is 4.21. The number of hydrogen-bond acceptors (Lipinski definition) is 4. The third-order valence-corrected chi connectivity index (χ3v) is 5.85. The number of fused-ring (bicyclic) bond motifs is 1. The Balaban J connectivity index is 1.46. The highest BCUT2D eigenvalue weighted by Crippen LogP contribution is 2.28. The minimum Gasteiger partial charge on any atom is -0.337 e. The molecule has 0 spiro atoms. The summed E-state index contributed by atoms with van der Waals surface area (Å²) in [5.41, 5.74) is 2.85. The number of nitro benzene ring substituents is 1. The van der Waals surface area contributed by atoms with Crippen LogP contribution in [0.2, 0.25) is 5.02 Å². The summed E-state index contributed by atoms with van der Waals surface area (Å²) in [7, 11) is 0. The van der Waals surface area contributed by atoms with Crippen LogP contribution in [-0.4, -0.2) is 46.3 Å². The van der Waals surface area contributed by atoms with Gasteiger partial charge in [0.05, 0.1) is 15.5 Å². The summed E-state index contributed by atoms with van der Waals surface area (Å²) in [4.78, 5) is 27.6. The molecule has 2 aromatic carbocycles. The van der Waals surface area contributed by atoms with E-state index in [1.165, 1.54) is 29.3 Å². The van der Waals surface area contributed by atoms with Crippen molar-refractivity contribution in [3.05, 3.63) is 74.3 Å². The molecule has 0 aliphatic carbocycles. The molecule has 0 saturated carbocycles. The first-order valence-corrected chi connectivity index (χ1v) is 9.45. The van der Waals surface area contributed by atoms with Gasteiger partial charge in [0.15, 0.2) is 0 Å². The molecule has 1 atom stereocenters. The van der Waals surface area contributed by atoms with Crippen LogP contribution >= 0.6 is 11.6 Å². The quantitative estimate of drug-likeness (QED) is 0.599. The van der Waals surface area contributed by atoms with Crippen LogP contribution in [0.25, 0.3) is 0 Å². The highest BCUT2D eigenvalue weighted by molar-refractivity contribution is 6.33. The SMILES string of the molecule is O=C(c1cc([N+](=O)[O-])ccc1Cl)N1CC[C@@H](N2CCc3ccccc3C2)C1. The van der Waals surface area contributed by atoms with Crippen molar-refractivity contribution < 1.29 is 9.72 Å². The molecule has 1 saturated heterocycles. The van der Waals surface area contributed by atoms with Gasteiger partial charge in [-0.3, -0.25) is 19.8 Å². The van der Waals surface area contributed by atoms with Crippen molar-refractivity contribution in [3.8, 4) is 0 Å². The topological polar surface area (TPSA) is 66.7 Å². The number of nitrogens with zero attached hydrogens (tertiary/aromatic N) is 3. The number of rotatable bonds is 3. The van der Waals surface area contributed by atoms with Crippen molar-refractivity contribution in [3.63, 3.8) is 0 Å². The Morgan fingerprint density at radius 1 is 1.15 bits per heavy atom. The highest BCUT2D eigenvalue weighted by Gasteiger charge is 2.33. The van der Waals surface area contributed by atoms with Gasteiger partial charge in [0, 0.05) is 44.4 Å². The molecule has 0 unspecified atom stereocenters. The number of hydrogen-bond donors (Lipinski definition) is 0. The van der Waals surface area contributed by atoms with Crippen molar-refractivity contribution in [1.82, 2.24) is 9.80 Å². The molecule has 140 valence electrons. The molecule has 1 amide bonds. The molecule has 7 heteroatoms. The number of non-ortho nitro benzene ring substituents is 1. The Morgan fingerprint density at radius 3 is 2.70 bits per heavy atom. The average Bonchev–Trinajstić information content (AvgIpc) is 3.17. The maximum atomic E-state index is 12.9. The monoisotopic (exact) mass is 385 g/mol. The van der Waals surface area contributed by atoms with E-state index in [-0.39, 0.29) is 22.2 Å². The fourth-order valence-electron chi connectivity index (χ4n) is 4.01. The third-order valence-electron chi connectivity index (χ3n) is 5.52. The van der Waals surface area contributed by atoms with Gasteiger partial charge in [-0.05, 0) is 30.0 Å². The first-order valence-electron chi connectivity index (χ1n) is 9.07. The van der Waals surface area contributed by atoms with E-state index in [0.717, 1.165) is 25.9 Å². The average molecular weight is 386 g/mol. The summed E-state index contributed by atoms with van der Waals surface area (Å²) in [6.45, 7) is 3.16. The number of likely N-dealkylation sites (tertiary alicyclic amines) is 1. The number of amides is 1. The van der Waals surface area contributed by atoms with Gasteiger partial charge in [-0.15, -0.1) is 0 Å². The van der Waals surface area contributed by atoms with E-state index >= 15 is 0 Å². The van der Waals surface area contributed by atoms with Crippen LogP contribution in [0.4, 0.5) is 5.69 Å². The van der Waals surface area contributed by atoms with Crippen LogP contribution in [0.1, 0.15) is 27.9 Å². The Bertz CT molecular complexity index is 902. The maximum absolute atomic E-state index is 12.9. The third kappa shape index (κ3) is 3.55. The first kappa shape index (κ1) is 17.9. The summed E-state index contributed by atoms with van der Waals surface area (Å²) < 4.78 is 0. The number of nitro groups is 1. The van der Waals surface area contributed by atoms with Crippen LogP contribution in [0, 0.1) is 10.1 Å². The molecule has 0 N–H and O–H groups in total. The second kappa shape index (κ2) is 7.29. The lowest BCUT2D eigenvalue weighted by Gasteiger charge is -2.33. The zero-order valence-corrected chi connectivity index (χ0v) is 15.6. The van der Waals surface area contributed by atoms with Crippen LogP contribution in [0.15, 0.2) is 42.5 Å². The van der Waals surface area contributed by atoms with Crippen LogP contribution in [0.5, 0.6) is 0 Å². The largest absolute Gasteiger partial charge is 0.337 e. The van der Waals surface area contributed by atoms with Crippen molar-refractivity contribution >= 4 is 23.2 Å². The molecule has 2 aromatic rings. The van der Waals surface area contributed by atoms with Gasteiger partial charge in [-0.1, -0.05) is 35.9 Å². The van der Waals surface area contributed by atoms with E-state index in [1.54, 1.807) is 4.90 Å². The lowest BCUT2D eigenvalue weighted by molar-refractivity contribution is -0.384. The Morgan fingerprint density at radius 2 is 1.93 bits per heavy atom. The molecule has 2 heterocycles. The summed E-state index contributed by atoms with van der Waals surface area (Å²) in [5.74, 6) is -0.233. The zero-order valence-electron chi connectivity index (χ0n) is 14.8. The molecule has 4 rings (SSSR count). The van der Waals surface area contributed by atoms with E-state index in [0.29, 0.717) is 19.1 Å². The van der Waals surface area contributed by atoms with E-state index in [2.05, 4.69) is 29.2 Å². The summed E-state index contributed by atoms with van der Waals surface area (Å²) in [5, 5.41) is 11.2. The predicted octanol–water partition coefficient (Wildman–Crippen LogP) is 3.52. The van der Waals surface area contributed by atoms with Gasteiger partial charge >= 0.3 is 0 Å². The van der Waals surface area contributed by atoms with E-state index in [9.17, 15) is 14.9 Å². The lowest BCUT2D eigenvalue weighted by atomic mass is 9.98. The molecule has 2 aliphatic rings. The molecular weight excluding hydrogens is 366 g/mol. The number of carbonyl (C=O) groups excluding carboxylic acids is 1. The van der Waals surface area contributed by atoms with Crippen molar-refractivity contribution in [1.29, 1.82) is 0 Å². The molecule has 6 nitrogen and oxygen atoms in total. The molecule has 2 aliphatic heterocycles. The molecular formula is C20H20ClN3O3. The van der Waals surface area contributed by atoms with E-state index in [1.807, 2.05) is 0 Å². The predicted molar refractivity (Wildman–Crippen MR) is 103 cm³/mol. The van der Waals surface area contributed by atoms with Crippen molar-refractivity contribution in [2.75, 3.05) is 19.6 Å². The van der Waals surface area contributed by atoms with E-state index in [4.69, 9.17) is 11.6 Å². The first-order chi connectivity index (χ1) is 13.0. The summed E-state index contributed by atoms with van der Waals surface area (Å²) in [6.07, 6.45) is 1.93. The number of carbonyl (C=O) groups is 1. The second-order valence-electron chi connectivity index (χ2n) is 7.10. The van der Waals surface area contributed by atoms with Crippen LogP contribution in [0.3, 0.4) is 0 Å². The smallest absolute Gasteiger partial charge is 0.270 e. The minimum atomic E-state index is -0.509. The lowest BCUT2D eigenvalue weighted by Crippen LogP contribution is -2.41. The summed E-state index contributed by atoms with van der Waals surface area (Å²) >= 11 is 6.13. The normalized spacial score (nSPS) is 19.7. The van der Waals surface area contributed by atoms with Crippen LogP contribution < -0.4 is 0 Å². The van der Waals surface area contributed by atoms with Gasteiger partial charge in [0.2, 0.25) is 0 Å². The molecule has 27 heavy (non-hydrogen) atoms. The highest BCUT2D eigenvalue weighted by atomic mass is 35.5. The Hall–Kier alpha value is -2.44. The van der Waals surface area contributed by atoms with Crippen molar-refractivity contribution in [2.24, 2.45) is 0 Å². The minimum absolute atomic E-state index is 0.119. The van der Waals surface area contributed by atoms with Gasteiger partial charge in [0.1, 0.15) is 0 Å². The molecule has 0 radical (unpaired) electrons. The zero-order chi connectivity index (χ0) is 19.0. The van der Waals surface area contributed by atoms with Gasteiger partial charge in [0.25, 0.3) is 11.6 Å². The number of benzene rings is 2. The standard InChI is InChI=1S/C20H20ClN3O3/c21-19-6-5-16(24(26)27)11-18(19)20(25)23-10-8-17(13-23)22-9-7-14-3-1-2-4-15(14)12-22/h1-6,11,17H,7-10,12-13H2/t17-/m1/s1. The summed E-state index contributed by atoms with van der Waals surface area (Å²) in [6, 6.07) is 12.8. The molecule has 1 fully saturated rings. The van der Waals surface area contributed by atoms with Gasteiger partial charge in [-0.25, -0.2) is 0 Å². The maximum Gasteiger partial charge on any atom is 0.270 e. The molecule has 0 aromatic heterocycles. The second-order valence-corrected chi connectivity index (χ2v) is 7.51. The van der Waals surface area contributed by atoms with Crippen LogP contribution in [-0.2, 0) is 13.0 Å². The van der Waals surface area contributed by atoms with Gasteiger partial charge in [-0.2, -0.15) is 0 Å². The Labute approximate surface area is 162 Å².